The number of hydrogen-bond acceptors (Lipinski definition) is 10. The van der Waals surface area contributed by atoms with Crippen LogP contribution in [0.5, 0.6) is 5.75 Å². The number of amides is 2. The number of nitrogens with one attached hydrogen (secondary N) is 1. The Morgan fingerprint density at radius 3 is 2.56 bits per heavy atom. The van der Waals surface area contributed by atoms with Gasteiger partial charge >= 0.3 is 12.3 Å². The SMILES string of the molecule is Nc1nc(CC2CCN(C(=O)Oc3cccc(C(F)(F)F)c3)CC2)nc2c1ncn2[C@@H]1O[C@H](C(=O)NC2CC2)[C@H](O)C1O. The van der Waals surface area contributed by atoms with Gasteiger partial charge in [0, 0.05) is 25.6 Å². The molecule has 0 spiro atoms. The lowest BCUT2D eigenvalue weighted by atomic mass is 9.93. The Balaban J connectivity index is 1.09. The van der Waals surface area contributed by atoms with Crippen LogP contribution in [0.15, 0.2) is 30.6 Å². The Hall–Kier alpha value is -4.02. The van der Waals surface area contributed by atoms with E-state index in [1.807, 2.05) is 0 Å². The Kier molecular flexibility index (Phi) is 7.60. The maximum Gasteiger partial charge on any atom is 0.416 e. The molecule has 1 unspecified atom stereocenters. The summed E-state index contributed by atoms with van der Waals surface area (Å²) in [6.45, 7) is 0.644. The maximum atomic E-state index is 13.0. The van der Waals surface area contributed by atoms with E-state index in [1.54, 1.807) is 0 Å². The van der Waals surface area contributed by atoms with Gasteiger partial charge in [-0.05, 0) is 49.8 Å². The number of nitrogens with two attached hydrogens (primary N) is 1. The van der Waals surface area contributed by atoms with Crippen molar-refractivity contribution in [2.24, 2.45) is 5.92 Å². The van der Waals surface area contributed by atoms with Crippen LogP contribution in [-0.2, 0) is 22.1 Å². The minimum Gasteiger partial charge on any atom is -0.410 e. The fourth-order valence-corrected chi connectivity index (χ4v) is 5.36. The van der Waals surface area contributed by atoms with Crippen molar-refractivity contribution in [2.45, 2.75) is 68.9 Å². The number of fused-ring (bicyclic) bond motifs is 1. The number of carbonyl (C=O) groups is 2. The number of nitrogen functional groups attached to an aromatic ring is 1. The van der Waals surface area contributed by atoms with Gasteiger partial charge in [0.1, 0.15) is 29.3 Å². The lowest BCUT2D eigenvalue weighted by Crippen LogP contribution is -2.43. The van der Waals surface area contributed by atoms with E-state index >= 15 is 0 Å². The van der Waals surface area contributed by atoms with Gasteiger partial charge in [-0.3, -0.25) is 9.36 Å². The first-order valence-electron chi connectivity index (χ1n) is 13.9. The van der Waals surface area contributed by atoms with Crippen molar-refractivity contribution < 1.29 is 42.4 Å². The largest absolute Gasteiger partial charge is 0.416 e. The van der Waals surface area contributed by atoms with Gasteiger partial charge in [-0.15, -0.1) is 0 Å². The summed E-state index contributed by atoms with van der Waals surface area (Å²) < 4.78 is 51.3. The fraction of sp³-hybridized carbons (Fsp3) is 0.519. The Morgan fingerprint density at radius 2 is 1.86 bits per heavy atom. The normalized spacial score (nSPS) is 24.8. The van der Waals surface area contributed by atoms with Crippen LogP contribution in [-0.4, -0.2) is 84.1 Å². The topological polar surface area (TPSA) is 178 Å². The van der Waals surface area contributed by atoms with Crippen LogP contribution in [0.25, 0.3) is 11.2 Å². The number of aromatic nitrogens is 4. The van der Waals surface area contributed by atoms with Gasteiger partial charge in [-0.1, -0.05) is 6.07 Å². The van der Waals surface area contributed by atoms with Gasteiger partial charge in [-0.25, -0.2) is 19.7 Å². The highest BCUT2D eigenvalue weighted by Gasteiger charge is 2.48. The minimum absolute atomic E-state index is 0.0523. The number of piperidine rings is 1. The molecule has 0 radical (unpaired) electrons. The van der Waals surface area contributed by atoms with Gasteiger partial charge in [0.25, 0.3) is 5.91 Å². The van der Waals surface area contributed by atoms with E-state index in [0.29, 0.717) is 38.2 Å². The highest BCUT2D eigenvalue weighted by atomic mass is 19.4. The number of rotatable bonds is 6. The number of aliphatic hydroxyl groups is 2. The first-order valence-corrected chi connectivity index (χ1v) is 13.9. The van der Waals surface area contributed by atoms with E-state index in [4.69, 9.17) is 15.2 Å². The summed E-state index contributed by atoms with van der Waals surface area (Å²) in [7, 11) is 0. The Morgan fingerprint density at radius 1 is 1.12 bits per heavy atom. The monoisotopic (exact) mass is 605 g/mol. The van der Waals surface area contributed by atoms with Crippen molar-refractivity contribution >= 4 is 29.0 Å². The predicted molar refractivity (Wildman–Crippen MR) is 142 cm³/mol. The highest BCUT2D eigenvalue weighted by molar-refractivity contribution is 5.83. The predicted octanol–water partition coefficient (Wildman–Crippen LogP) is 1.78. The molecule has 1 saturated carbocycles. The zero-order chi connectivity index (χ0) is 30.5. The first kappa shape index (κ1) is 29.1. The molecule has 3 aromatic rings. The number of nitrogens with zero attached hydrogens (tertiary/aromatic N) is 5. The molecule has 2 saturated heterocycles. The van der Waals surface area contributed by atoms with Crippen LogP contribution in [0.2, 0.25) is 0 Å². The number of imidazole rings is 1. The van der Waals surface area contributed by atoms with Crippen LogP contribution in [0.4, 0.5) is 23.8 Å². The molecule has 5 N–H and O–H groups in total. The van der Waals surface area contributed by atoms with Gasteiger partial charge < -0.3 is 35.6 Å². The van der Waals surface area contributed by atoms with Gasteiger partial charge in [0.15, 0.2) is 23.8 Å². The summed E-state index contributed by atoms with van der Waals surface area (Å²) in [6, 6.07) is 4.21. The lowest BCUT2D eigenvalue weighted by Gasteiger charge is -2.31. The Bertz CT molecular complexity index is 1520. The molecule has 2 amide bonds. The molecule has 0 bridgehead atoms. The number of ether oxygens (including phenoxy) is 2. The van der Waals surface area contributed by atoms with Gasteiger partial charge in [0.2, 0.25) is 0 Å². The Labute approximate surface area is 242 Å². The third kappa shape index (κ3) is 6.07. The molecule has 16 heteroatoms. The number of benzene rings is 1. The number of aliphatic hydroxyl groups excluding tert-OH is 2. The smallest absolute Gasteiger partial charge is 0.410 e. The summed E-state index contributed by atoms with van der Waals surface area (Å²) in [4.78, 5) is 39.7. The molecule has 1 aromatic carbocycles. The summed E-state index contributed by atoms with van der Waals surface area (Å²) in [6.07, 6.45) is -5.96. The fourth-order valence-electron chi connectivity index (χ4n) is 5.36. The van der Waals surface area contributed by atoms with E-state index in [0.717, 1.165) is 25.0 Å². The van der Waals surface area contributed by atoms with Crippen molar-refractivity contribution in [1.29, 1.82) is 0 Å². The summed E-state index contributed by atoms with van der Waals surface area (Å²) in [5.74, 6) is -0.114. The van der Waals surface area contributed by atoms with Crippen molar-refractivity contribution in [1.82, 2.24) is 29.7 Å². The number of likely N-dealkylation sites (tertiary alicyclic amines) is 1. The molecular weight excluding hydrogens is 575 g/mol. The second-order valence-electron chi connectivity index (χ2n) is 11.1. The molecule has 4 atom stereocenters. The van der Waals surface area contributed by atoms with Crippen molar-refractivity contribution in [3.63, 3.8) is 0 Å². The second kappa shape index (κ2) is 11.2. The standard InChI is InChI=1S/C27H30F3N7O6/c28-27(29,30)14-2-1-3-16(11-14)42-26(41)36-8-6-13(7-9-36)10-17-34-22(31)18-23(35-17)37(12-32-18)25-20(39)19(38)21(43-25)24(40)33-15-4-5-15/h1-3,11-13,15,19-21,25,38-39H,4-10H2,(H,33,40)(H2,31,34,35)/t19-,20?,21+,25-/m1/s1. The molecule has 1 aliphatic carbocycles. The number of halogens is 3. The number of alkyl halides is 3. The molecule has 6 rings (SSSR count). The zero-order valence-electron chi connectivity index (χ0n) is 22.8. The third-order valence-electron chi connectivity index (χ3n) is 7.90. The van der Waals surface area contributed by atoms with Crippen LogP contribution in [0.3, 0.4) is 0 Å². The van der Waals surface area contributed by atoms with Crippen molar-refractivity contribution in [3.05, 3.63) is 42.0 Å². The quantitative estimate of drug-likeness (QED) is 0.324. The molecular formula is C27H30F3N7O6. The minimum atomic E-state index is -4.55. The summed E-state index contributed by atoms with van der Waals surface area (Å²) >= 11 is 0. The average Bonchev–Trinajstić information content (AvgIpc) is 3.60. The van der Waals surface area contributed by atoms with Crippen molar-refractivity contribution in [3.8, 4) is 5.75 Å². The van der Waals surface area contributed by atoms with Crippen LogP contribution in [0.1, 0.15) is 43.3 Å². The van der Waals surface area contributed by atoms with E-state index in [9.17, 15) is 33.0 Å². The van der Waals surface area contributed by atoms with E-state index in [-0.39, 0.29) is 34.7 Å². The molecule has 3 aliphatic rings. The highest BCUT2D eigenvalue weighted by Crippen LogP contribution is 2.34. The molecule has 43 heavy (non-hydrogen) atoms. The molecule has 2 aliphatic heterocycles. The summed E-state index contributed by atoms with van der Waals surface area (Å²) in [5, 5.41) is 24.0. The first-order chi connectivity index (χ1) is 20.5. The van der Waals surface area contributed by atoms with Crippen molar-refractivity contribution in [2.75, 3.05) is 18.8 Å². The van der Waals surface area contributed by atoms with E-state index < -0.39 is 48.3 Å². The number of hydrogen-bond donors (Lipinski definition) is 4. The summed E-state index contributed by atoms with van der Waals surface area (Å²) in [5.41, 5.74) is 5.80. The van der Waals surface area contributed by atoms with Crippen LogP contribution >= 0.6 is 0 Å². The van der Waals surface area contributed by atoms with Gasteiger partial charge in [0.05, 0.1) is 11.9 Å². The molecule has 4 heterocycles. The van der Waals surface area contributed by atoms with Crippen LogP contribution < -0.4 is 15.8 Å². The van der Waals surface area contributed by atoms with Crippen LogP contribution in [0, 0.1) is 5.92 Å². The second-order valence-corrected chi connectivity index (χ2v) is 11.1. The lowest BCUT2D eigenvalue weighted by molar-refractivity contribution is -0.138. The molecule has 13 nitrogen and oxygen atoms in total. The van der Waals surface area contributed by atoms with Gasteiger partial charge in [-0.2, -0.15) is 13.2 Å². The molecule has 2 aromatic heterocycles. The molecule has 3 fully saturated rings. The average molecular weight is 606 g/mol. The zero-order valence-corrected chi connectivity index (χ0v) is 22.8. The van der Waals surface area contributed by atoms with E-state index in [2.05, 4.69) is 20.3 Å². The number of carbonyl (C=O) groups excluding carboxylic acids is 2. The maximum absolute atomic E-state index is 13.0. The molecule has 230 valence electrons. The third-order valence-corrected chi connectivity index (χ3v) is 7.90. The number of anilines is 1. The van der Waals surface area contributed by atoms with E-state index in [1.165, 1.54) is 27.9 Å².